The van der Waals surface area contributed by atoms with E-state index in [1.54, 1.807) is 0 Å². The lowest BCUT2D eigenvalue weighted by molar-refractivity contribution is -0.384. The fourth-order valence-electron chi connectivity index (χ4n) is 5.07. The van der Waals surface area contributed by atoms with Crippen LogP contribution in [-0.2, 0) is 42.8 Å². The van der Waals surface area contributed by atoms with Gasteiger partial charge in [0.15, 0.2) is 12.2 Å². The Morgan fingerprint density at radius 1 is 0.841 bits per heavy atom. The molecule has 2 aliphatic rings. The van der Waals surface area contributed by atoms with Crippen molar-refractivity contribution in [1.82, 2.24) is 0 Å². The second kappa shape index (κ2) is 18.3. The van der Waals surface area contributed by atoms with Crippen molar-refractivity contribution in [1.29, 1.82) is 0 Å². The molecule has 0 aliphatic carbocycles. The molecule has 2 rings (SSSR count). The monoisotopic (exact) mass is 636 g/mol. The molecule has 14 nitrogen and oxygen atoms in total. The third-order valence-corrected chi connectivity index (χ3v) is 8.38. The van der Waals surface area contributed by atoms with Crippen molar-refractivity contribution in [2.75, 3.05) is 19.8 Å². The molecule has 5 N–H and O–H groups in total. The van der Waals surface area contributed by atoms with Crippen LogP contribution in [0.3, 0.4) is 0 Å². The molecule has 0 spiro atoms. The van der Waals surface area contributed by atoms with Gasteiger partial charge >= 0.3 is 17.9 Å². The fraction of sp³-hybridized carbons (Fsp3) is 0.900. The van der Waals surface area contributed by atoms with Crippen LogP contribution < -0.4 is 0 Å². The van der Waals surface area contributed by atoms with Crippen LogP contribution in [0.25, 0.3) is 0 Å². The molecule has 0 bridgehead atoms. The molecule has 0 aromatic carbocycles. The lowest BCUT2D eigenvalue weighted by Crippen LogP contribution is -2.64. The van der Waals surface area contributed by atoms with Crippen molar-refractivity contribution >= 4 is 17.9 Å². The van der Waals surface area contributed by atoms with Gasteiger partial charge in [0.2, 0.25) is 12.1 Å². The summed E-state index contributed by atoms with van der Waals surface area (Å²) >= 11 is 0. The molecule has 2 heterocycles. The SMILES string of the molecule is CCC(C)CCCC(=O)OC1C(OC2(CO)OC(COC(C)=O)C(O)C2O)OC(CO)C(O)C1OC(=O)CCCC(C)CC. The minimum absolute atomic E-state index is 0.00387. The summed E-state index contributed by atoms with van der Waals surface area (Å²) < 4.78 is 33.4. The quantitative estimate of drug-likeness (QED) is 0.104. The molecule has 2 fully saturated rings. The predicted octanol–water partition coefficient (Wildman–Crippen LogP) is 0.710. The average molecular weight is 637 g/mol. The maximum atomic E-state index is 13.0. The first-order valence-corrected chi connectivity index (χ1v) is 15.6. The maximum absolute atomic E-state index is 13.0. The Kier molecular flexibility index (Phi) is 15.9. The summed E-state index contributed by atoms with van der Waals surface area (Å²) in [7, 11) is 0. The highest BCUT2D eigenvalue weighted by molar-refractivity contribution is 5.71. The highest BCUT2D eigenvalue weighted by Crippen LogP contribution is 2.37. The van der Waals surface area contributed by atoms with E-state index in [0.717, 1.165) is 32.6 Å². The van der Waals surface area contributed by atoms with Gasteiger partial charge in [-0.3, -0.25) is 14.4 Å². The zero-order valence-corrected chi connectivity index (χ0v) is 26.5. The molecule has 11 unspecified atom stereocenters. The number of carbonyl (C=O) groups excluding carboxylic acids is 3. The van der Waals surface area contributed by atoms with E-state index in [-0.39, 0.29) is 12.8 Å². The normalized spacial score (nSPS) is 33.4. The van der Waals surface area contributed by atoms with Gasteiger partial charge in [0, 0.05) is 19.8 Å². The van der Waals surface area contributed by atoms with Crippen molar-refractivity contribution < 1.29 is 68.3 Å². The number of carbonyl (C=O) groups is 3. The van der Waals surface area contributed by atoms with Crippen LogP contribution in [0.5, 0.6) is 0 Å². The van der Waals surface area contributed by atoms with Crippen molar-refractivity contribution in [3.05, 3.63) is 0 Å². The van der Waals surface area contributed by atoms with Gasteiger partial charge in [-0.25, -0.2) is 0 Å². The van der Waals surface area contributed by atoms with Crippen LogP contribution in [0.1, 0.15) is 86.0 Å². The van der Waals surface area contributed by atoms with Crippen molar-refractivity contribution in [2.24, 2.45) is 11.8 Å². The molecular weight excluding hydrogens is 584 g/mol. The van der Waals surface area contributed by atoms with Gasteiger partial charge in [0.1, 0.15) is 43.7 Å². The molecule has 14 heteroatoms. The fourth-order valence-corrected chi connectivity index (χ4v) is 5.07. The first-order chi connectivity index (χ1) is 20.8. The Morgan fingerprint density at radius 2 is 1.39 bits per heavy atom. The zero-order valence-electron chi connectivity index (χ0n) is 26.5. The van der Waals surface area contributed by atoms with Gasteiger partial charge in [0.05, 0.1) is 6.61 Å². The minimum atomic E-state index is -2.37. The lowest BCUT2D eigenvalue weighted by Gasteiger charge is -2.45. The number of aliphatic hydroxyl groups excluding tert-OH is 5. The number of hydrogen-bond donors (Lipinski definition) is 5. The molecule has 256 valence electrons. The molecule has 0 saturated carbocycles. The van der Waals surface area contributed by atoms with Crippen molar-refractivity contribution in [3.63, 3.8) is 0 Å². The summed E-state index contributed by atoms with van der Waals surface area (Å²) in [5.74, 6) is -3.67. The Balaban J connectivity index is 2.34. The maximum Gasteiger partial charge on any atom is 0.306 e. The van der Waals surface area contributed by atoms with Crippen LogP contribution >= 0.6 is 0 Å². The molecule has 0 aromatic rings. The highest BCUT2D eigenvalue weighted by Gasteiger charge is 2.60. The Morgan fingerprint density at radius 3 is 1.86 bits per heavy atom. The minimum Gasteiger partial charge on any atom is -0.463 e. The molecule has 2 aliphatic heterocycles. The molecule has 0 aromatic heterocycles. The van der Waals surface area contributed by atoms with Gasteiger partial charge in [0.25, 0.3) is 0 Å². The van der Waals surface area contributed by atoms with E-state index in [9.17, 15) is 39.9 Å². The second-order valence-corrected chi connectivity index (χ2v) is 11.9. The van der Waals surface area contributed by atoms with E-state index in [2.05, 4.69) is 13.8 Å². The summed E-state index contributed by atoms with van der Waals surface area (Å²) in [4.78, 5) is 37.1. The first-order valence-electron chi connectivity index (χ1n) is 15.6. The Labute approximate surface area is 258 Å². The Hall–Kier alpha value is -1.91. The first kappa shape index (κ1) is 38.3. The molecule has 2 saturated heterocycles. The number of aliphatic hydroxyl groups is 5. The third-order valence-electron chi connectivity index (χ3n) is 8.38. The van der Waals surface area contributed by atoms with Crippen LogP contribution in [0.4, 0.5) is 0 Å². The molecular formula is C30H52O14. The van der Waals surface area contributed by atoms with E-state index in [1.807, 2.05) is 13.8 Å². The van der Waals surface area contributed by atoms with E-state index < -0.39 is 92.5 Å². The van der Waals surface area contributed by atoms with E-state index in [4.69, 9.17) is 28.4 Å². The van der Waals surface area contributed by atoms with Gasteiger partial charge in [-0.2, -0.15) is 0 Å². The van der Waals surface area contributed by atoms with E-state index in [0.29, 0.717) is 24.7 Å². The van der Waals surface area contributed by atoms with Crippen LogP contribution in [-0.4, -0.2) is 118 Å². The van der Waals surface area contributed by atoms with Crippen molar-refractivity contribution in [3.8, 4) is 0 Å². The highest BCUT2D eigenvalue weighted by atomic mass is 16.8. The summed E-state index contributed by atoms with van der Waals surface area (Å²) in [6, 6.07) is 0. The topological polar surface area (TPSA) is 208 Å². The van der Waals surface area contributed by atoms with Gasteiger partial charge in [-0.15, -0.1) is 0 Å². The molecule has 44 heavy (non-hydrogen) atoms. The van der Waals surface area contributed by atoms with Crippen LogP contribution in [0.2, 0.25) is 0 Å². The standard InChI is InChI=1S/C30H52O14/c1-6-17(3)10-8-12-22(34)41-26-24(36)20(14-31)40-29(27(26)42-23(35)13-9-11-18(4)7-2)44-30(16-32)28(38)25(37)21(43-30)15-39-19(5)33/h17-18,20-21,24-29,31-32,36-38H,6-16H2,1-5H3. The predicted molar refractivity (Wildman–Crippen MR) is 153 cm³/mol. The molecule has 0 amide bonds. The zero-order chi connectivity index (χ0) is 33.0. The van der Waals surface area contributed by atoms with Gasteiger partial charge in [-0.1, -0.05) is 53.4 Å². The average Bonchev–Trinajstić information content (AvgIpc) is 3.23. The lowest BCUT2D eigenvalue weighted by atomic mass is 9.97. The number of ether oxygens (including phenoxy) is 6. The number of hydrogen-bond acceptors (Lipinski definition) is 14. The summed E-state index contributed by atoms with van der Waals surface area (Å²) in [6.45, 7) is 7.05. The van der Waals surface area contributed by atoms with E-state index in [1.165, 1.54) is 0 Å². The summed E-state index contributed by atoms with van der Waals surface area (Å²) in [6.07, 6.45) is -8.42. The van der Waals surface area contributed by atoms with E-state index >= 15 is 0 Å². The third kappa shape index (κ3) is 10.6. The van der Waals surface area contributed by atoms with Crippen LogP contribution in [0.15, 0.2) is 0 Å². The number of esters is 3. The Bertz CT molecular complexity index is 901. The molecule has 0 radical (unpaired) electrons. The summed E-state index contributed by atoms with van der Waals surface area (Å²) in [5.41, 5.74) is 0. The van der Waals surface area contributed by atoms with Crippen LogP contribution in [0, 0.1) is 11.8 Å². The second-order valence-electron chi connectivity index (χ2n) is 11.9. The summed E-state index contributed by atoms with van der Waals surface area (Å²) in [5, 5.41) is 52.6. The molecule has 11 atom stereocenters. The van der Waals surface area contributed by atoms with Gasteiger partial charge in [-0.05, 0) is 24.7 Å². The smallest absolute Gasteiger partial charge is 0.306 e. The largest absolute Gasteiger partial charge is 0.463 e. The van der Waals surface area contributed by atoms with Crippen molar-refractivity contribution in [2.45, 2.75) is 141 Å². The van der Waals surface area contributed by atoms with Gasteiger partial charge < -0.3 is 54.0 Å². The number of rotatable bonds is 18.